The largest absolute Gasteiger partial charge is 0.399 e. The summed E-state index contributed by atoms with van der Waals surface area (Å²) in [5, 5.41) is 0. The molecular formula is C5H13N3+2. The van der Waals surface area contributed by atoms with Crippen molar-refractivity contribution in [3.05, 3.63) is 0 Å². The van der Waals surface area contributed by atoms with Crippen LogP contribution in [-0.4, -0.2) is 19.2 Å². The fraction of sp³-hybridized carbons (Fsp3) is 0.600. The second kappa shape index (κ2) is 6.14. The Balaban J connectivity index is 3.07. The molecule has 46 valence electrons. The van der Waals surface area contributed by atoms with Gasteiger partial charge in [0.1, 0.15) is 6.54 Å². The molecule has 0 aliphatic heterocycles. The molecule has 0 atom stereocenters. The van der Waals surface area contributed by atoms with Gasteiger partial charge in [0, 0.05) is 6.42 Å². The third kappa shape index (κ3) is 5.14. The SMILES string of the molecule is CCC[NH+]=C[NH+]=CN. The second-order valence-corrected chi connectivity index (χ2v) is 1.43. The molecule has 0 bridgehead atoms. The van der Waals surface area contributed by atoms with Crippen LogP contribution in [0.5, 0.6) is 0 Å². The first kappa shape index (κ1) is 7.14. The van der Waals surface area contributed by atoms with Crippen LogP contribution in [0, 0.1) is 0 Å². The Morgan fingerprint density at radius 3 is 2.88 bits per heavy atom. The summed E-state index contributed by atoms with van der Waals surface area (Å²) in [6, 6.07) is 0. The lowest BCUT2D eigenvalue weighted by atomic mass is 10.5. The molecule has 0 amide bonds. The van der Waals surface area contributed by atoms with E-state index in [2.05, 4.69) is 16.9 Å². The molecule has 0 aromatic heterocycles. The van der Waals surface area contributed by atoms with Crippen molar-refractivity contribution in [1.29, 1.82) is 0 Å². The van der Waals surface area contributed by atoms with Gasteiger partial charge in [-0.2, -0.15) is 4.99 Å². The number of hydrogen-bond acceptors (Lipinski definition) is 0. The van der Waals surface area contributed by atoms with E-state index in [-0.39, 0.29) is 0 Å². The standard InChI is InChI=1S/C5H11N3/c1-2-3-7-5-8-4-6/h4-5H,2-3H2,1H3,(H2,6,7,8)/p+2. The highest BCUT2D eigenvalue weighted by Crippen LogP contribution is 1.55. The smallest absolute Gasteiger partial charge is 0.352 e. The number of hydrogen-bond donors (Lipinski definition) is 3. The minimum absolute atomic E-state index is 0.987. The summed E-state index contributed by atoms with van der Waals surface area (Å²) < 4.78 is 0. The van der Waals surface area contributed by atoms with E-state index in [0.717, 1.165) is 13.0 Å². The lowest BCUT2D eigenvalue weighted by Gasteiger charge is -1.69. The maximum atomic E-state index is 5.00. The molecule has 3 nitrogen and oxygen atoms in total. The van der Waals surface area contributed by atoms with Gasteiger partial charge in [-0.05, 0) is 0 Å². The van der Waals surface area contributed by atoms with Crippen LogP contribution in [-0.2, 0) is 0 Å². The third-order valence-corrected chi connectivity index (χ3v) is 0.676. The summed E-state index contributed by atoms with van der Waals surface area (Å²) in [4.78, 5) is 5.69. The Labute approximate surface area is 49.3 Å². The van der Waals surface area contributed by atoms with Gasteiger partial charge in [0.25, 0.3) is 0 Å². The summed E-state index contributed by atoms with van der Waals surface area (Å²) in [5.41, 5.74) is 5.00. The van der Waals surface area contributed by atoms with E-state index >= 15 is 0 Å². The normalized spacial score (nSPS) is 11.6. The molecule has 0 unspecified atom stereocenters. The molecule has 8 heavy (non-hydrogen) atoms. The van der Waals surface area contributed by atoms with Crippen molar-refractivity contribution >= 4 is 12.7 Å². The van der Waals surface area contributed by atoms with Crippen molar-refractivity contribution in [3.8, 4) is 0 Å². The van der Waals surface area contributed by atoms with Crippen molar-refractivity contribution in [1.82, 2.24) is 0 Å². The van der Waals surface area contributed by atoms with Gasteiger partial charge in [-0.1, -0.05) is 6.92 Å². The fourth-order valence-electron chi connectivity index (χ4n) is 0.324. The molecule has 3 heteroatoms. The van der Waals surface area contributed by atoms with Crippen molar-refractivity contribution < 1.29 is 9.98 Å². The maximum Gasteiger partial charge on any atom is 0.399 e. The summed E-state index contributed by atoms with van der Waals surface area (Å²) in [6.07, 6.45) is 4.22. The first-order valence-electron chi connectivity index (χ1n) is 2.76. The monoisotopic (exact) mass is 115 g/mol. The lowest BCUT2D eigenvalue weighted by molar-refractivity contribution is -0.508. The van der Waals surface area contributed by atoms with E-state index in [1.165, 1.54) is 6.34 Å². The van der Waals surface area contributed by atoms with Crippen LogP contribution >= 0.6 is 0 Å². The molecule has 0 heterocycles. The van der Waals surface area contributed by atoms with E-state index in [9.17, 15) is 0 Å². The number of rotatable bonds is 3. The summed E-state index contributed by atoms with van der Waals surface area (Å²) in [7, 11) is 0. The van der Waals surface area contributed by atoms with Crippen LogP contribution in [0.3, 0.4) is 0 Å². The fourth-order valence-corrected chi connectivity index (χ4v) is 0.324. The molecule has 0 aromatic carbocycles. The lowest BCUT2D eigenvalue weighted by Crippen LogP contribution is -2.86. The Morgan fingerprint density at radius 2 is 2.38 bits per heavy atom. The Kier molecular flexibility index (Phi) is 5.48. The van der Waals surface area contributed by atoms with E-state index in [0.29, 0.717) is 0 Å². The molecule has 0 aliphatic carbocycles. The zero-order valence-corrected chi connectivity index (χ0v) is 5.15. The topological polar surface area (TPSA) is 54.0 Å². The van der Waals surface area contributed by atoms with Gasteiger partial charge in [0.05, 0.1) is 0 Å². The minimum atomic E-state index is 0.987. The number of nitrogens with one attached hydrogen (secondary N) is 2. The van der Waals surface area contributed by atoms with E-state index in [1.54, 1.807) is 6.34 Å². The minimum Gasteiger partial charge on any atom is -0.352 e. The maximum absolute atomic E-state index is 5.00. The van der Waals surface area contributed by atoms with Gasteiger partial charge >= 0.3 is 6.34 Å². The highest BCUT2D eigenvalue weighted by Gasteiger charge is 1.78. The van der Waals surface area contributed by atoms with E-state index in [4.69, 9.17) is 5.73 Å². The third-order valence-electron chi connectivity index (χ3n) is 0.676. The van der Waals surface area contributed by atoms with Crippen LogP contribution in [0.15, 0.2) is 0 Å². The van der Waals surface area contributed by atoms with Crippen LogP contribution in [0.1, 0.15) is 13.3 Å². The summed E-state index contributed by atoms with van der Waals surface area (Å²) in [6.45, 7) is 3.09. The second-order valence-electron chi connectivity index (χ2n) is 1.43. The average molecular weight is 115 g/mol. The Hall–Kier alpha value is -0.860. The predicted octanol–water partition coefficient (Wildman–Crippen LogP) is -3.43. The van der Waals surface area contributed by atoms with Crippen LogP contribution in [0.25, 0.3) is 0 Å². The highest BCUT2D eigenvalue weighted by atomic mass is 14.9. The molecule has 0 aliphatic rings. The van der Waals surface area contributed by atoms with Crippen molar-refractivity contribution in [2.45, 2.75) is 13.3 Å². The summed E-state index contributed by atoms with van der Waals surface area (Å²) >= 11 is 0. The van der Waals surface area contributed by atoms with Crippen molar-refractivity contribution in [2.75, 3.05) is 6.54 Å². The summed E-state index contributed by atoms with van der Waals surface area (Å²) in [5.74, 6) is 0. The van der Waals surface area contributed by atoms with Gasteiger partial charge < -0.3 is 5.73 Å². The molecule has 0 saturated carbocycles. The van der Waals surface area contributed by atoms with Gasteiger partial charge in [-0.15, -0.1) is 4.99 Å². The van der Waals surface area contributed by atoms with Crippen LogP contribution in [0.4, 0.5) is 0 Å². The zero-order chi connectivity index (χ0) is 6.24. The van der Waals surface area contributed by atoms with Gasteiger partial charge in [-0.25, -0.2) is 0 Å². The van der Waals surface area contributed by atoms with E-state index in [1.807, 2.05) is 0 Å². The number of nitrogens with two attached hydrogens (primary N) is 1. The molecule has 0 fully saturated rings. The molecule has 0 spiro atoms. The molecule has 4 N–H and O–H groups in total. The van der Waals surface area contributed by atoms with Crippen LogP contribution < -0.4 is 15.7 Å². The van der Waals surface area contributed by atoms with Crippen molar-refractivity contribution in [2.24, 2.45) is 5.73 Å². The zero-order valence-electron chi connectivity index (χ0n) is 5.15. The molecule has 0 aromatic rings. The first-order chi connectivity index (χ1) is 3.91. The molecule has 0 rings (SSSR count). The predicted molar refractivity (Wildman–Crippen MR) is 33.4 cm³/mol. The first-order valence-corrected chi connectivity index (χ1v) is 2.76. The molecule has 0 saturated heterocycles. The Bertz CT molecular complexity index is 85.7. The quantitative estimate of drug-likeness (QED) is 0.260. The van der Waals surface area contributed by atoms with Crippen LogP contribution in [0.2, 0.25) is 0 Å². The van der Waals surface area contributed by atoms with Crippen molar-refractivity contribution in [3.63, 3.8) is 0 Å². The molecule has 0 radical (unpaired) electrons. The van der Waals surface area contributed by atoms with Gasteiger partial charge in [0.15, 0.2) is 0 Å². The van der Waals surface area contributed by atoms with Gasteiger partial charge in [0.2, 0.25) is 6.34 Å². The Morgan fingerprint density at radius 1 is 1.62 bits per heavy atom. The highest BCUT2D eigenvalue weighted by molar-refractivity contribution is 5.49. The molecular weight excluding hydrogens is 102 g/mol. The van der Waals surface area contributed by atoms with Gasteiger partial charge in [-0.3, -0.25) is 0 Å². The van der Waals surface area contributed by atoms with E-state index < -0.39 is 0 Å². The average Bonchev–Trinajstić information content (AvgIpc) is 1.81.